The van der Waals surface area contributed by atoms with E-state index in [1.54, 1.807) is 4.68 Å². The Morgan fingerprint density at radius 1 is 1.11 bits per heavy atom. The van der Waals surface area contributed by atoms with Crippen molar-refractivity contribution in [2.24, 2.45) is 0 Å². The molecule has 5 aliphatic heterocycles. The number of hydrogen-bond donors (Lipinski definition) is 1. The molecule has 11 nitrogen and oxygen atoms in total. The number of carbonyl (C=O) groups is 1. The zero-order valence-corrected chi connectivity index (χ0v) is 29.1. The van der Waals surface area contributed by atoms with Gasteiger partial charge in [-0.15, -0.1) is 0 Å². The third-order valence-electron chi connectivity index (χ3n) is 11.0. The predicted octanol–water partition coefficient (Wildman–Crippen LogP) is 5.73. The van der Waals surface area contributed by atoms with E-state index in [-0.39, 0.29) is 61.6 Å². The number of nitrogen functional groups attached to an aromatic ring is 1. The molecule has 286 valence electrons. The minimum Gasteiger partial charge on any atom is -0.461 e. The molecule has 1 aromatic carbocycles. The van der Waals surface area contributed by atoms with Crippen molar-refractivity contribution in [2.75, 3.05) is 50.0 Å². The third-order valence-corrected chi connectivity index (χ3v) is 11.4. The van der Waals surface area contributed by atoms with Crippen molar-refractivity contribution in [2.45, 2.75) is 88.1 Å². The van der Waals surface area contributed by atoms with Gasteiger partial charge in [-0.3, -0.25) is 14.4 Å². The first-order chi connectivity index (χ1) is 25.1. The fourth-order valence-corrected chi connectivity index (χ4v) is 8.70. The number of amides is 1. The van der Waals surface area contributed by atoms with Gasteiger partial charge in [-0.25, -0.2) is 17.6 Å². The van der Waals surface area contributed by atoms with Crippen molar-refractivity contribution < 1.29 is 45.0 Å². The van der Waals surface area contributed by atoms with Crippen LogP contribution >= 0.6 is 11.6 Å². The molecule has 8 rings (SSSR count). The Labute approximate surface area is 304 Å². The number of carbonyl (C=O) groups excluding carboxylic acids is 1. The van der Waals surface area contributed by atoms with Gasteiger partial charge in [0.05, 0.1) is 59.0 Å². The minimum absolute atomic E-state index is 0.00656. The normalized spacial score (nSPS) is 25.7. The van der Waals surface area contributed by atoms with Gasteiger partial charge in [-0.05, 0) is 37.9 Å². The highest BCUT2D eigenvalue weighted by atomic mass is 35.5. The van der Waals surface area contributed by atoms with Gasteiger partial charge >= 0.3 is 12.2 Å². The van der Waals surface area contributed by atoms with Crippen LogP contribution in [0.2, 0.25) is 5.02 Å². The third kappa shape index (κ3) is 6.53. The average Bonchev–Trinajstić information content (AvgIpc) is 3.79. The van der Waals surface area contributed by atoms with Gasteiger partial charge in [0, 0.05) is 56.6 Å². The molecule has 0 saturated carbocycles. The van der Waals surface area contributed by atoms with Crippen molar-refractivity contribution in [1.29, 1.82) is 0 Å². The summed E-state index contributed by atoms with van der Waals surface area (Å²) in [5.41, 5.74) is 3.72. The first-order valence-electron chi connectivity index (χ1n) is 17.5. The second kappa shape index (κ2) is 13.1. The Balaban J connectivity index is 1.14. The molecule has 53 heavy (non-hydrogen) atoms. The number of aromatic nitrogens is 4. The number of aryl methyl sites for hydroxylation is 1. The number of alkyl halides is 6. The van der Waals surface area contributed by atoms with Crippen molar-refractivity contribution >= 4 is 29.0 Å². The number of ether oxygens (including phenoxy) is 2. The van der Waals surface area contributed by atoms with E-state index in [1.165, 1.54) is 0 Å². The van der Waals surface area contributed by atoms with E-state index >= 15 is 4.39 Å². The predicted molar refractivity (Wildman–Crippen MR) is 176 cm³/mol. The van der Waals surface area contributed by atoms with Gasteiger partial charge < -0.3 is 25.0 Å². The van der Waals surface area contributed by atoms with E-state index in [4.69, 9.17) is 31.8 Å². The largest absolute Gasteiger partial charge is 0.461 e. The zero-order valence-electron chi connectivity index (χ0n) is 28.4. The smallest absolute Gasteiger partial charge is 0.416 e. The number of benzene rings is 1. The molecule has 5 aliphatic rings. The first kappa shape index (κ1) is 36.1. The molecule has 3 fully saturated rings. The highest BCUT2D eigenvalue weighted by molar-refractivity contribution is 6.34. The van der Waals surface area contributed by atoms with E-state index in [0.717, 1.165) is 30.0 Å². The number of likely N-dealkylation sites (tertiary alicyclic amines) is 1. The average molecular weight is 773 g/mol. The summed E-state index contributed by atoms with van der Waals surface area (Å²) in [5, 5.41) is 4.41. The maximum absolute atomic E-state index is 15.4. The summed E-state index contributed by atoms with van der Waals surface area (Å²) in [4.78, 5) is 27.5. The summed E-state index contributed by atoms with van der Waals surface area (Å²) in [5.74, 6) is -4.62. The molecule has 3 atom stereocenters. The molecule has 7 heterocycles. The molecule has 3 aromatic rings. The lowest BCUT2D eigenvalue weighted by Crippen LogP contribution is -2.43. The Hall–Kier alpha value is -3.90. The summed E-state index contributed by atoms with van der Waals surface area (Å²) in [6, 6.07) is 1.48. The van der Waals surface area contributed by atoms with Crippen LogP contribution in [0.15, 0.2) is 12.1 Å². The van der Waals surface area contributed by atoms with Crippen molar-refractivity contribution in [3.8, 4) is 6.01 Å². The van der Waals surface area contributed by atoms with Crippen LogP contribution in [0.25, 0.3) is 0 Å². The Morgan fingerprint density at radius 2 is 1.92 bits per heavy atom. The van der Waals surface area contributed by atoms with Gasteiger partial charge in [0.2, 0.25) is 0 Å². The monoisotopic (exact) mass is 772 g/mol. The van der Waals surface area contributed by atoms with Crippen LogP contribution in [0.5, 0.6) is 6.01 Å². The minimum atomic E-state index is -4.90. The topological polar surface area (TPSA) is 115 Å². The van der Waals surface area contributed by atoms with Crippen LogP contribution in [-0.2, 0) is 37.0 Å². The number of halogens is 8. The van der Waals surface area contributed by atoms with Gasteiger partial charge in [0.25, 0.3) is 11.8 Å². The number of nitrogens with zero attached hydrogens (tertiary/aromatic N) is 7. The number of fused-ring (bicyclic) bond motifs is 3. The highest BCUT2D eigenvalue weighted by Gasteiger charge is 2.50. The van der Waals surface area contributed by atoms with Crippen molar-refractivity contribution in [3.63, 3.8) is 0 Å². The molecule has 2 N–H and O–H groups in total. The Morgan fingerprint density at radius 3 is 2.68 bits per heavy atom. The van der Waals surface area contributed by atoms with Gasteiger partial charge in [-0.1, -0.05) is 11.6 Å². The fourth-order valence-electron chi connectivity index (χ4n) is 8.42. The summed E-state index contributed by atoms with van der Waals surface area (Å²) < 4.78 is 114. The SMILES string of the molecule is Nc1ccc(C(F)(F)F)c([C@@H]2Cc3nc(OC[C@@]45CCCN4C[C@H](F)C5)nc(N4CCCn5nc(C(=O)N6CCC(F)(F)C6)c(Cl)c5C4)c3CO2)c1F. The van der Waals surface area contributed by atoms with Crippen LogP contribution in [-0.4, -0.2) is 92.4 Å². The lowest BCUT2D eigenvalue weighted by molar-refractivity contribution is -0.140. The quantitative estimate of drug-likeness (QED) is 0.248. The molecule has 0 unspecified atom stereocenters. The number of hydrogen-bond acceptors (Lipinski definition) is 9. The van der Waals surface area contributed by atoms with Crippen LogP contribution in [0.4, 0.5) is 42.2 Å². The van der Waals surface area contributed by atoms with Crippen LogP contribution in [0.1, 0.15) is 76.8 Å². The molecule has 1 amide bonds. The van der Waals surface area contributed by atoms with Gasteiger partial charge in [-0.2, -0.15) is 28.2 Å². The number of anilines is 2. The van der Waals surface area contributed by atoms with Crippen LogP contribution < -0.4 is 15.4 Å². The van der Waals surface area contributed by atoms with E-state index in [0.29, 0.717) is 49.6 Å². The zero-order chi connectivity index (χ0) is 37.4. The molecule has 0 bridgehead atoms. The summed E-state index contributed by atoms with van der Waals surface area (Å²) in [7, 11) is 0. The molecule has 0 aliphatic carbocycles. The van der Waals surface area contributed by atoms with Gasteiger partial charge in [0.15, 0.2) is 11.5 Å². The molecular weight excluding hydrogens is 737 g/mol. The first-order valence-corrected chi connectivity index (χ1v) is 17.9. The molecule has 0 spiro atoms. The Kier molecular flexibility index (Phi) is 8.95. The number of nitrogens with two attached hydrogens (primary N) is 1. The molecule has 0 radical (unpaired) electrons. The Bertz CT molecular complexity index is 1950. The standard InChI is InChI=1S/C34H36ClF7N8O3/c35-26-23-14-47(7-2-9-50(23)46-28(26)30(51)48-10-6-33(38,39)16-48)29-19-15-52-24(25-20(34(40,41)42)3-4-21(43)27(25)37)11-22(19)44-31(45-29)53-17-32-5-1-8-49(32)13-18(36)12-32/h3-4,18,24H,1-2,5-17,43H2/t18-,24+,32+/m1/s1. The fraction of sp³-hybridized carbons (Fsp3) is 0.588. The summed E-state index contributed by atoms with van der Waals surface area (Å²) >= 11 is 6.74. The van der Waals surface area contributed by atoms with Gasteiger partial charge in [0.1, 0.15) is 18.6 Å². The second-order valence-corrected chi connectivity index (χ2v) is 14.9. The van der Waals surface area contributed by atoms with Crippen LogP contribution in [0, 0.1) is 5.82 Å². The summed E-state index contributed by atoms with van der Waals surface area (Å²) in [6.07, 6.45) is -5.72. The lowest BCUT2D eigenvalue weighted by atomic mass is 9.94. The highest BCUT2D eigenvalue weighted by Crippen LogP contribution is 2.44. The molecule has 3 saturated heterocycles. The van der Waals surface area contributed by atoms with E-state index in [1.807, 2.05) is 4.90 Å². The maximum Gasteiger partial charge on any atom is 0.416 e. The summed E-state index contributed by atoms with van der Waals surface area (Å²) in [6.45, 7) is 0.707. The van der Waals surface area contributed by atoms with E-state index in [2.05, 4.69) is 15.0 Å². The molecule has 19 heteroatoms. The molecular formula is C34H36ClF7N8O3. The molecule has 2 aromatic heterocycles. The lowest BCUT2D eigenvalue weighted by Gasteiger charge is -2.33. The van der Waals surface area contributed by atoms with Crippen molar-refractivity contribution in [3.05, 3.63) is 56.7 Å². The second-order valence-electron chi connectivity index (χ2n) is 14.5. The van der Waals surface area contributed by atoms with Crippen molar-refractivity contribution in [1.82, 2.24) is 29.5 Å². The van der Waals surface area contributed by atoms with E-state index in [9.17, 15) is 31.1 Å². The van der Waals surface area contributed by atoms with Crippen LogP contribution in [0.3, 0.4) is 0 Å². The number of rotatable bonds is 6. The maximum atomic E-state index is 15.4. The van der Waals surface area contributed by atoms with E-state index < -0.39 is 71.4 Å².